The van der Waals surface area contributed by atoms with Crippen LogP contribution in [-0.2, 0) is 0 Å². The fourth-order valence-electron chi connectivity index (χ4n) is 2.65. The number of likely N-dealkylation sites (tertiary alicyclic amines) is 1. The zero-order valence-electron chi connectivity index (χ0n) is 10.7. The van der Waals surface area contributed by atoms with Crippen LogP contribution in [0.3, 0.4) is 0 Å². The molecule has 2 amide bonds. The van der Waals surface area contributed by atoms with E-state index in [1.807, 2.05) is 4.90 Å². The van der Waals surface area contributed by atoms with Crippen molar-refractivity contribution < 1.29 is 4.79 Å². The van der Waals surface area contributed by atoms with Crippen LogP contribution in [0, 0.1) is 5.41 Å². The Morgan fingerprint density at radius 1 is 1.18 bits per heavy atom. The summed E-state index contributed by atoms with van der Waals surface area (Å²) in [6, 6.07) is 0.134. The average Bonchev–Trinajstić information content (AvgIpc) is 3.10. The monoisotopic (exact) mass is 239 g/mol. The number of nitrogens with two attached hydrogens (primary N) is 1. The summed E-state index contributed by atoms with van der Waals surface area (Å²) < 4.78 is 0. The Morgan fingerprint density at radius 2 is 1.82 bits per heavy atom. The van der Waals surface area contributed by atoms with Gasteiger partial charge in [-0.25, -0.2) is 4.79 Å². The van der Waals surface area contributed by atoms with Crippen LogP contribution in [0.25, 0.3) is 0 Å². The average molecular weight is 239 g/mol. The maximum Gasteiger partial charge on any atom is 0.317 e. The number of amides is 2. The number of nitrogens with one attached hydrogen (secondary N) is 1. The van der Waals surface area contributed by atoms with Gasteiger partial charge in [-0.2, -0.15) is 0 Å². The van der Waals surface area contributed by atoms with Gasteiger partial charge in [-0.3, -0.25) is 0 Å². The molecule has 98 valence electrons. The van der Waals surface area contributed by atoms with Crippen molar-refractivity contribution in [3.05, 3.63) is 0 Å². The first-order valence-electron chi connectivity index (χ1n) is 6.99. The Labute approximate surface area is 104 Å². The van der Waals surface area contributed by atoms with Crippen molar-refractivity contribution in [2.24, 2.45) is 11.1 Å². The second-order valence-electron chi connectivity index (χ2n) is 5.60. The lowest BCUT2D eigenvalue weighted by Gasteiger charge is -2.23. The summed E-state index contributed by atoms with van der Waals surface area (Å²) in [5, 5.41) is 3.10. The number of hydrogen-bond donors (Lipinski definition) is 2. The minimum Gasteiger partial charge on any atom is -0.337 e. The van der Waals surface area contributed by atoms with Gasteiger partial charge in [0.1, 0.15) is 0 Å². The molecule has 1 saturated carbocycles. The number of hydrogen-bond acceptors (Lipinski definition) is 2. The second-order valence-corrected chi connectivity index (χ2v) is 5.60. The van der Waals surface area contributed by atoms with Crippen LogP contribution >= 0.6 is 0 Å². The smallest absolute Gasteiger partial charge is 0.317 e. The third-order valence-corrected chi connectivity index (χ3v) is 4.14. The summed E-state index contributed by atoms with van der Waals surface area (Å²) in [6.45, 7) is 3.41. The van der Waals surface area contributed by atoms with E-state index in [4.69, 9.17) is 5.73 Å². The highest BCUT2D eigenvalue weighted by molar-refractivity contribution is 5.74. The van der Waals surface area contributed by atoms with Crippen molar-refractivity contribution in [1.29, 1.82) is 0 Å². The Morgan fingerprint density at radius 3 is 2.35 bits per heavy atom. The summed E-state index contributed by atoms with van der Waals surface area (Å²) in [4.78, 5) is 14.0. The first kappa shape index (κ1) is 12.7. The largest absolute Gasteiger partial charge is 0.337 e. The van der Waals surface area contributed by atoms with Gasteiger partial charge in [0.05, 0.1) is 0 Å². The summed E-state index contributed by atoms with van der Waals surface area (Å²) in [5.41, 5.74) is 5.94. The summed E-state index contributed by atoms with van der Waals surface area (Å²) in [6.07, 6.45) is 8.34. The van der Waals surface area contributed by atoms with Crippen LogP contribution in [0.1, 0.15) is 44.9 Å². The van der Waals surface area contributed by atoms with Gasteiger partial charge in [0.2, 0.25) is 0 Å². The SMILES string of the molecule is NCCC1(CNC(=O)N2CCCCCC2)CC1. The van der Waals surface area contributed by atoms with Crippen molar-refractivity contribution >= 4 is 6.03 Å². The van der Waals surface area contributed by atoms with Crippen molar-refractivity contribution in [2.45, 2.75) is 44.9 Å². The van der Waals surface area contributed by atoms with Crippen LogP contribution in [0.4, 0.5) is 4.79 Å². The summed E-state index contributed by atoms with van der Waals surface area (Å²) >= 11 is 0. The van der Waals surface area contributed by atoms with E-state index in [0.29, 0.717) is 5.41 Å². The molecule has 1 saturated heterocycles. The van der Waals surface area contributed by atoms with E-state index in [2.05, 4.69) is 5.32 Å². The van der Waals surface area contributed by atoms with Crippen LogP contribution in [0.2, 0.25) is 0 Å². The minimum atomic E-state index is 0.134. The highest BCUT2D eigenvalue weighted by Crippen LogP contribution is 2.47. The third kappa shape index (κ3) is 3.60. The Bertz CT molecular complexity index is 255. The van der Waals surface area contributed by atoms with Gasteiger partial charge in [-0.1, -0.05) is 12.8 Å². The number of carbonyl (C=O) groups is 1. The lowest BCUT2D eigenvalue weighted by atomic mass is 10.0. The topological polar surface area (TPSA) is 58.4 Å². The molecule has 1 heterocycles. The quantitative estimate of drug-likeness (QED) is 0.784. The molecule has 0 atom stereocenters. The van der Waals surface area contributed by atoms with E-state index < -0.39 is 0 Å². The van der Waals surface area contributed by atoms with Crippen LogP contribution in [0.5, 0.6) is 0 Å². The van der Waals surface area contributed by atoms with Crippen molar-refractivity contribution in [3.8, 4) is 0 Å². The van der Waals surface area contributed by atoms with Crippen molar-refractivity contribution in [2.75, 3.05) is 26.2 Å². The molecule has 0 spiro atoms. The normalized spacial score (nSPS) is 23.0. The maximum atomic E-state index is 12.0. The van der Waals surface area contributed by atoms with E-state index in [1.54, 1.807) is 0 Å². The molecule has 3 N–H and O–H groups in total. The number of urea groups is 1. The lowest BCUT2D eigenvalue weighted by molar-refractivity contribution is 0.197. The molecular formula is C13H25N3O. The molecule has 0 aromatic carbocycles. The van der Waals surface area contributed by atoms with E-state index >= 15 is 0 Å². The lowest BCUT2D eigenvalue weighted by Crippen LogP contribution is -2.42. The first-order chi connectivity index (χ1) is 8.26. The third-order valence-electron chi connectivity index (χ3n) is 4.14. The van der Waals surface area contributed by atoms with Gasteiger partial charge < -0.3 is 16.0 Å². The van der Waals surface area contributed by atoms with Crippen molar-refractivity contribution in [3.63, 3.8) is 0 Å². The van der Waals surface area contributed by atoms with Crippen LogP contribution < -0.4 is 11.1 Å². The first-order valence-corrected chi connectivity index (χ1v) is 6.99. The fourth-order valence-corrected chi connectivity index (χ4v) is 2.65. The Hall–Kier alpha value is -0.770. The van der Waals surface area contributed by atoms with Crippen LogP contribution in [-0.4, -0.2) is 37.1 Å². The molecule has 0 radical (unpaired) electrons. The summed E-state index contributed by atoms with van der Waals surface area (Å²) in [7, 11) is 0. The van der Waals surface area contributed by atoms with Gasteiger partial charge in [0.15, 0.2) is 0 Å². The molecule has 4 heteroatoms. The van der Waals surface area contributed by atoms with Gasteiger partial charge >= 0.3 is 6.03 Å². The maximum absolute atomic E-state index is 12.0. The molecule has 0 aromatic rings. The van der Waals surface area contributed by atoms with Gasteiger partial charge in [0, 0.05) is 19.6 Å². The molecule has 1 aliphatic heterocycles. The molecule has 2 fully saturated rings. The Kier molecular flexibility index (Phi) is 4.26. The second kappa shape index (κ2) is 5.71. The predicted octanol–water partition coefficient (Wildman–Crippen LogP) is 1.70. The predicted molar refractivity (Wildman–Crippen MR) is 68.8 cm³/mol. The van der Waals surface area contributed by atoms with E-state index in [1.165, 1.54) is 25.7 Å². The van der Waals surface area contributed by atoms with Gasteiger partial charge in [0.25, 0.3) is 0 Å². The van der Waals surface area contributed by atoms with E-state index in [9.17, 15) is 4.79 Å². The zero-order valence-corrected chi connectivity index (χ0v) is 10.7. The highest BCUT2D eigenvalue weighted by atomic mass is 16.2. The molecule has 0 bridgehead atoms. The Balaban J connectivity index is 1.72. The molecule has 0 unspecified atom stereocenters. The molecule has 0 aromatic heterocycles. The molecular weight excluding hydrogens is 214 g/mol. The molecule has 17 heavy (non-hydrogen) atoms. The van der Waals surface area contributed by atoms with Gasteiger partial charge in [-0.05, 0) is 44.1 Å². The standard InChI is InChI=1S/C13H25N3O/c14-8-7-13(5-6-13)11-15-12(17)16-9-3-1-2-4-10-16/h1-11,14H2,(H,15,17). The van der Waals surface area contributed by atoms with E-state index in [0.717, 1.165) is 45.4 Å². The zero-order chi connectivity index (χ0) is 12.1. The molecule has 2 aliphatic rings. The minimum absolute atomic E-state index is 0.134. The molecule has 4 nitrogen and oxygen atoms in total. The van der Waals surface area contributed by atoms with Crippen LogP contribution in [0.15, 0.2) is 0 Å². The van der Waals surface area contributed by atoms with E-state index in [-0.39, 0.29) is 6.03 Å². The fraction of sp³-hybridized carbons (Fsp3) is 0.923. The molecule has 2 rings (SSSR count). The van der Waals surface area contributed by atoms with Crippen molar-refractivity contribution in [1.82, 2.24) is 10.2 Å². The molecule has 1 aliphatic carbocycles. The van der Waals surface area contributed by atoms with Gasteiger partial charge in [-0.15, -0.1) is 0 Å². The highest BCUT2D eigenvalue weighted by Gasteiger charge is 2.41. The summed E-state index contributed by atoms with van der Waals surface area (Å²) in [5.74, 6) is 0. The number of nitrogens with zero attached hydrogens (tertiary/aromatic N) is 1. The number of carbonyl (C=O) groups excluding carboxylic acids is 1. The number of rotatable bonds is 4.